The van der Waals surface area contributed by atoms with Gasteiger partial charge >= 0.3 is 0 Å². The van der Waals surface area contributed by atoms with Crippen LogP contribution in [0.4, 0.5) is 0 Å². The number of guanidine groups is 1. The summed E-state index contributed by atoms with van der Waals surface area (Å²) >= 11 is 0. The van der Waals surface area contributed by atoms with Crippen LogP contribution in [0, 0.1) is 0 Å². The zero-order valence-corrected chi connectivity index (χ0v) is 14.5. The summed E-state index contributed by atoms with van der Waals surface area (Å²) < 4.78 is 5.76. The summed E-state index contributed by atoms with van der Waals surface area (Å²) in [5.74, 6) is 1.74. The van der Waals surface area contributed by atoms with E-state index in [4.69, 9.17) is 4.74 Å². The molecule has 0 spiro atoms. The molecule has 0 heterocycles. The Morgan fingerprint density at radius 2 is 2.14 bits per heavy atom. The smallest absolute Gasteiger partial charge is 0.191 e. The third kappa shape index (κ3) is 7.31. The quantitative estimate of drug-likeness (QED) is 0.570. The number of hydrogen-bond acceptors (Lipinski definition) is 3. The van der Waals surface area contributed by atoms with Gasteiger partial charge in [0.2, 0.25) is 0 Å². The molecule has 1 aromatic carbocycles. The van der Waals surface area contributed by atoms with Crippen molar-refractivity contribution in [1.29, 1.82) is 0 Å². The molecular formula is C17H30N4O. The van der Waals surface area contributed by atoms with Crippen LogP contribution in [0.2, 0.25) is 0 Å². The summed E-state index contributed by atoms with van der Waals surface area (Å²) in [7, 11) is 5.87. The molecule has 0 aromatic heterocycles. The fraction of sp³-hybridized carbons (Fsp3) is 0.588. The Kier molecular flexibility index (Phi) is 8.36. The third-order valence-electron chi connectivity index (χ3n) is 3.38. The molecule has 22 heavy (non-hydrogen) atoms. The van der Waals surface area contributed by atoms with Crippen LogP contribution < -0.4 is 15.4 Å². The second-order valence-corrected chi connectivity index (χ2v) is 5.68. The lowest BCUT2D eigenvalue weighted by Crippen LogP contribution is -2.41. The second kappa shape index (κ2) is 10.1. The fourth-order valence-corrected chi connectivity index (χ4v) is 1.81. The number of nitrogens with zero attached hydrogens (tertiary/aromatic N) is 2. The SMILES string of the molecule is CCC(C)NC(=NC)NCc1cccc(OCCN(C)C)c1. The molecule has 1 rings (SSSR count). The molecule has 124 valence electrons. The highest BCUT2D eigenvalue weighted by Crippen LogP contribution is 2.13. The molecule has 1 aromatic rings. The zero-order valence-electron chi connectivity index (χ0n) is 14.5. The number of benzene rings is 1. The molecule has 2 N–H and O–H groups in total. The third-order valence-corrected chi connectivity index (χ3v) is 3.38. The Morgan fingerprint density at radius 1 is 1.36 bits per heavy atom. The van der Waals surface area contributed by atoms with E-state index < -0.39 is 0 Å². The van der Waals surface area contributed by atoms with Gasteiger partial charge in [-0.3, -0.25) is 4.99 Å². The minimum Gasteiger partial charge on any atom is -0.492 e. The highest BCUT2D eigenvalue weighted by molar-refractivity contribution is 5.79. The van der Waals surface area contributed by atoms with Crippen molar-refractivity contribution in [2.24, 2.45) is 4.99 Å². The number of likely N-dealkylation sites (N-methyl/N-ethyl adjacent to an activating group) is 1. The molecule has 5 heteroatoms. The lowest BCUT2D eigenvalue weighted by molar-refractivity contribution is 0.261. The fourth-order valence-electron chi connectivity index (χ4n) is 1.81. The average molecular weight is 306 g/mol. The largest absolute Gasteiger partial charge is 0.492 e. The van der Waals surface area contributed by atoms with Crippen LogP contribution in [0.25, 0.3) is 0 Å². The molecule has 0 saturated carbocycles. The van der Waals surface area contributed by atoms with E-state index in [0.717, 1.165) is 31.2 Å². The zero-order chi connectivity index (χ0) is 16.4. The second-order valence-electron chi connectivity index (χ2n) is 5.68. The molecule has 5 nitrogen and oxygen atoms in total. The molecular weight excluding hydrogens is 276 g/mol. The minimum atomic E-state index is 0.409. The molecule has 0 aliphatic rings. The predicted octanol–water partition coefficient (Wildman–Crippen LogP) is 2.09. The van der Waals surface area contributed by atoms with Crippen LogP contribution in [-0.4, -0.2) is 51.2 Å². The summed E-state index contributed by atoms with van der Waals surface area (Å²) in [6.45, 7) is 6.63. The van der Waals surface area contributed by atoms with Crippen molar-refractivity contribution in [3.63, 3.8) is 0 Å². The van der Waals surface area contributed by atoms with E-state index >= 15 is 0 Å². The van der Waals surface area contributed by atoms with Gasteiger partial charge in [-0.1, -0.05) is 19.1 Å². The van der Waals surface area contributed by atoms with Crippen molar-refractivity contribution in [2.75, 3.05) is 34.3 Å². The van der Waals surface area contributed by atoms with E-state index in [0.29, 0.717) is 12.6 Å². The minimum absolute atomic E-state index is 0.409. The van der Waals surface area contributed by atoms with Gasteiger partial charge in [0.15, 0.2) is 5.96 Å². The number of hydrogen-bond donors (Lipinski definition) is 2. The van der Waals surface area contributed by atoms with Crippen molar-refractivity contribution in [1.82, 2.24) is 15.5 Å². The van der Waals surface area contributed by atoms with Crippen LogP contribution in [0.1, 0.15) is 25.8 Å². The molecule has 0 aliphatic carbocycles. The van der Waals surface area contributed by atoms with Crippen molar-refractivity contribution in [3.05, 3.63) is 29.8 Å². The van der Waals surface area contributed by atoms with E-state index in [1.54, 1.807) is 7.05 Å². The molecule has 0 saturated heterocycles. The van der Waals surface area contributed by atoms with Crippen molar-refractivity contribution >= 4 is 5.96 Å². The monoisotopic (exact) mass is 306 g/mol. The van der Waals surface area contributed by atoms with Crippen molar-refractivity contribution < 1.29 is 4.74 Å². The summed E-state index contributed by atoms with van der Waals surface area (Å²) in [5.41, 5.74) is 1.18. The molecule has 1 atom stereocenters. The Labute approximate surface area is 134 Å². The predicted molar refractivity (Wildman–Crippen MR) is 93.6 cm³/mol. The summed E-state index contributed by atoms with van der Waals surface area (Å²) in [6, 6.07) is 8.58. The summed E-state index contributed by atoms with van der Waals surface area (Å²) in [5, 5.41) is 6.68. The Morgan fingerprint density at radius 3 is 2.77 bits per heavy atom. The van der Waals surface area contributed by atoms with E-state index in [-0.39, 0.29) is 0 Å². The van der Waals surface area contributed by atoms with Crippen LogP contribution in [-0.2, 0) is 6.54 Å². The van der Waals surface area contributed by atoms with E-state index in [2.05, 4.69) is 46.5 Å². The van der Waals surface area contributed by atoms with E-state index in [9.17, 15) is 0 Å². The first kappa shape index (κ1) is 18.3. The lowest BCUT2D eigenvalue weighted by Gasteiger charge is -2.17. The van der Waals surface area contributed by atoms with Gasteiger partial charge in [0.05, 0.1) is 0 Å². The van der Waals surface area contributed by atoms with E-state index in [1.165, 1.54) is 5.56 Å². The van der Waals surface area contributed by atoms with Crippen molar-refractivity contribution in [3.8, 4) is 5.75 Å². The van der Waals surface area contributed by atoms with Crippen molar-refractivity contribution in [2.45, 2.75) is 32.9 Å². The maximum absolute atomic E-state index is 5.76. The van der Waals surface area contributed by atoms with Gasteiger partial charge < -0.3 is 20.3 Å². The van der Waals surface area contributed by atoms with Gasteiger partial charge in [-0.15, -0.1) is 0 Å². The maximum Gasteiger partial charge on any atom is 0.191 e. The highest BCUT2D eigenvalue weighted by atomic mass is 16.5. The number of ether oxygens (including phenoxy) is 1. The highest BCUT2D eigenvalue weighted by Gasteiger charge is 2.03. The summed E-state index contributed by atoms with van der Waals surface area (Å²) in [4.78, 5) is 6.35. The first-order valence-corrected chi connectivity index (χ1v) is 7.88. The Bertz CT molecular complexity index is 460. The molecule has 0 fully saturated rings. The van der Waals surface area contributed by atoms with E-state index in [1.807, 2.05) is 26.2 Å². The van der Waals surface area contributed by atoms with Gasteiger partial charge in [0, 0.05) is 26.2 Å². The van der Waals surface area contributed by atoms with Gasteiger partial charge in [-0.25, -0.2) is 0 Å². The van der Waals surface area contributed by atoms with Crippen LogP contribution in [0.3, 0.4) is 0 Å². The molecule has 0 aliphatic heterocycles. The number of aliphatic imine (C=N–C) groups is 1. The van der Waals surface area contributed by atoms with Gasteiger partial charge in [0.1, 0.15) is 12.4 Å². The topological polar surface area (TPSA) is 48.9 Å². The Hall–Kier alpha value is -1.75. The molecule has 0 radical (unpaired) electrons. The standard InChI is InChI=1S/C17H30N4O/c1-6-14(2)20-17(18-3)19-13-15-8-7-9-16(12-15)22-11-10-21(4)5/h7-9,12,14H,6,10-11,13H2,1-5H3,(H2,18,19,20). The number of nitrogens with one attached hydrogen (secondary N) is 2. The van der Waals surface area contributed by atoms with Gasteiger partial charge in [0.25, 0.3) is 0 Å². The summed E-state index contributed by atoms with van der Waals surface area (Å²) in [6.07, 6.45) is 1.07. The number of rotatable bonds is 8. The first-order valence-electron chi connectivity index (χ1n) is 7.88. The van der Waals surface area contributed by atoms with Crippen LogP contribution in [0.5, 0.6) is 5.75 Å². The average Bonchev–Trinajstić information content (AvgIpc) is 2.51. The molecule has 0 amide bonds. The van der Waals surface area contributed by atoms with Gasteiger partial charge in [-0.05, 0) is 45.1 Å². The first-order chi connectivity index (χ1) is 10.5. The Balaban J connectivity index is 2.48. The normalized spacial score (nSPS) is 13.1. The molecule has 0 bridgehead atoms. The lowest BCUT2D eigenvalue weighted by atomic mass is 10.2. The van der Waals surface area contributed by atoms with Gasteiger partial charge in [-0.2, -0.15) is 0 Å². The maximum atomic E-state index is 5.76. The van der Waals surface area contributed by atoms with Crippen LogP contribution >= 0.6 is 0 Å². The molecule has 1 unspecified atom stereocenters. The van der Waals surface area contributed by atoms with Crippen LogP contribution in [0.15, 0.2) is 29.3 Å².